The van der Waals surface area contributed by atoms with Crippen molar-refractivity contribution in [2.75, 3.05) is 23.7 Å². The lowest BCUT2D eigenvalue weighted by Crippen LogP contribution is -2.38. The molecule has 0 bridgehead atoms. The van der Waals surface area contributed by atoms with Crippen LogP contribution in [0.2, 0.25) is 0 Å². The number of carbonyl (C=O) groups excluding carboxylic acids is 1. The SMILES string of the molecule is C=CC(=O)Oc1ccc(N([O-])O[C@H]2COC3C2OC[C@H]3ON([O-])c2ccc(OC(O)C=C)cc2)cc1. The van der Waals surface area contributed by atoms with E-state index in [1.54, 1.807) is 0 Å². The second-order valence-electron chi connectivity index (χ2n) is 7.75. The molecule has 0 aliphatic carbocycles. The van der Waals surface area contributed by atoms with E-state index < -0.39 is 36.7 Å². The summed E-state index contributed by atoms with van der Waals surface area (Å²) in [5, 5.41) is 35.1. The van der Waals surface area contributed by atoms with Crippen molar-refractivity contribution in [1.82, 2.24) is 0 Å². The molecule has 36 heavy (non-hydrogen) atoms. The molecule has 0 aromatic heterocycles. The highest BCUT2D eigenvalue weighted by atomic mass is 16.9. The van der Waals surface area contributed by atoms with E-state index in [1.807, 2.05) is 0 Å². The van der Waals surface area contributed by atoms with Crippen LogP contribution in [0.15, 0.2) is 73.8 Å². The highest BCUT2D eigenvalue weighted by Crippen LogP contribution is 2.33. The number of fused-ring (bicyclic) bond motifs is 1. The summed E-state index contributed by atoms with van der Waals surface area (Å²) >= 11 is 0. The van der Waals surface area contributed by atoms with Gasteiger partial charge in [-0.05, 0) is 54.6 Å². The Morgan fingerprint density at radius 2 is 1.39 bits per heavy atom. The number of hydrogen-bond acceptors (Lipinski definition) is 12. The Labute approximate surface area is 206 Å². The van der Waals surface area contributed by atoms with Crippen LogP contribution in [0.4, 0.5) is 11.4 Å². The van der Waals surface area contributed by atoms with Crippen molar-refractivity contribution >= 4 is 17.3 Å². The summed E-state index contributed by atoms with van der Waals surface area (Å²) in [4.78, 5) is 22.2. The Kier molecular flexibility index (Phi) is 8.18. The maximum atomic E-state index is 12.5. The van der Waals surface area contributed by atoms with Gasteiger partial charge < -0.3 is 44.9 Å². The molecule has 2 heterocycles. The van der Waals surface area contributed by atoms with E-state index in [1.165, 1.54) is 54.6 Å². The van der Waals surface area contributed by atoms with Crippen molar-refractivity contribution in [3.63, 3.8) is 0 Å². The van der Waals surface area contributed by atoms with Crippen LogP contribution < -0.4 is 19.9 Å². The fourth-order valence-corrected chi connectivity index (χ4v) is 3.61. The Bertz CT molecular complexity index is 1050. The number of hydrogen-bond donors (Lipinski definition) is 1. The summed E-state index contributed by atoms with van der Waals surface area (Å²) in [6, 6.07) is 11.7. The van der Waals surface area contributed by atoms with E-state index in [0.29, 0.717) is 16.2 Å². The van der Waals surface area contributed by atoms with Crippen molar-refractivity contribution in [3.8, 4) is 11.5 Å². The first kappa shape index (κ1) is 25.6. The van der Waals surface area contributed by atoms with Crippen LogP contribution in [0, 0.1) is 10.4 Å². The Balaban J connectivity index is 1.29. The van der Waals surface area contributed by atoms with Crippen LogP contribution >= 0.6 is 0 Å². The predicted molar refractivity (Wildman–Crippen MR) is 126 cm³/mol. The molecule has 2 aliphatic heterocycles. The molecule has 192 valence electrons. The monoisotopic (exact) mass is 500 g/mol. The van der Waals surface area contributed by atoms with Gasteiger partial charge in [-0.2, -0.15) is 0 Å². The molecule has 2 aromatic rings. The van der Waals surface area contributed by atoms with Crippen LogP contribution in [0.5, 0.6) is 11.5 Å². The van der Waals surface area contributed by atoms with Crippen LogP contribution in [-0.4, -0.2) is 55.0 Å². The van der Waals surface area contributed by atoms with Crippen molar-refractivity contribution in [1.29, 1.82) is 0 Å². The molecule has 2 aromatic carbocycles. The summed E-state index contributed by atoms with van der Waals surface area (Å²) in [5.74, 6) is -0.0232. The molecule has 0 radical (unpaired) electrons. The summed E-state index contributed by atoms with van der Waals surface area (Å²) in [6.07, 6.45) is -1.61. The van der Waals surface area contributed by atoms with E-state index in [4.69, 9.17) is 28.6 Å². The van der Waals surface area contributed by atoms with Gasteiger partial charge in [-0.25, -0.2) is 4.79 Å². The second kappa shape index (κ2) is 11.5. The number of nitrogens with zero attached hydrogens (tertiary/aromatic N) is 2. The average molecular weight is 500 g/mol. The third kappa shape index (κ3) is 6.01. The molecular weight excluding hydrogens is 476 g/mol. The number of ether oxygens (including phenoxy) is 4. The first-order valence-electron chi connectivity index (χ1n) is 10.9. The number of aliphatic hydroxyl groups is 1. The van der Waals surface area contributed by atoms with Gasteiger partial charge >= 0.3 is 5.97 Å². The normalized spacial score (nSPS) is 23.4. The smallest absolute Gasteiger partial charge is 0.335 e. The molecule has 2 fully saturated rings. The number of benzene rings is 2. The zero-order chi connectivity index (χ0) is 25.7. The van der Waals surface area contributed by atoms with Gasteiger partial charge in [0.1, 0.15) is 35.9 Å². The number of anilines is 2. The van der Waals surface area contributed by atoms with Gasteiger partial charge in [0.2, 0.25) is 6.29 Å². The number of aliphatic hydroxyl groups excluding tert-OH is 1. The topological polar surface area (TPSA) is 145 Å². The van der Waals surface area contributed by atoms with Gasteiger partial charge in [0.05, 0.1) is 24.6 Å². The lowest BCUT2D eigenvalue weighted by atomic mass is 10.1. The molecule has 0 spiro atoms. The number of rotatable bonds is 11. The molecule has 2 aliphatic rings. The van der Waals surface area contributed by atoms with Crippen LogP contribution in [0.25, 0.3) is 0 Å². The van der Waals surface area contributed by atoms with Gasteiger partial charge in [-0.3, -0.25) is 9.68 Å². The van der Waals surface area contributed by atoms with E-state index in [-0.39, 0.29) is 30.3 Å². The minimum absolute atomic E-state index is 0.0550. The van der Waals surface area contributed by atoms with Crippen molar-refractivity contribution in [2.24, 2.45) is 0 Å². The Hall–Kier alpha value is -3.49. The average Bonchev–Trinajstić information content (AvgIpc) is 3.47. The standard InChI is InChI=1S/C24H24N2O10/c1-3-21(27)33-17-9-5-15(6-10-17)25(29)35-19-13-31-24-20(14-32-23(19)24)36-26(30)16-7-11-18(12-8-16)34-22(28)4-2/h3-12,19-21,23-24,27H,1-2,13-14H2/q-2/t19-,20+,21?,23?,24?/m1/s1. The summed E-state index contributed by atoms with van der Waals surface area (Å²) in [5.41, 5.74) is 0.360. The zero-order valence-corrected chi connectivity index (χ0v) is 19.0. The van der Waals surface area contributed by atoms with Crippen LogP contribution in [-0.2, 0) is 23.9 Å². The quantitative estimate of drug-likeness (QED) is 0.121. The molecule has 0 saturated carbocycles. The van der Waals surface area contributed by atoms with Gasteiger partial charge in [0.25, 0.3) is 0 Å². The maximum Gasteiger partial charge on any atom is 0.335 e. The van der Waals surface area contributed by atoms with Gasteiger partial charge in [-0.15, -0.1) is 0 Å². The highest BCUT2D eigenvalue weighted by Gasteiger charge is 2.50. The second-order valence-corrected chi connectivity index (χ2v) is 7.75. The fourth-order valence-electron chi connectivity index (χ4n) is 3.61. The summed E-state index contributed by atoms with van der Waals surface area (Å²) in [6.45, 7) is 6.84. The molecule has 1 N–H and O–H groups in total. The van der Waals surface area contributed by atoms with E-state index >= 15 is 0 Å². The molecule has 4 rings (SSSR count). The van der Waals surface area contributed by atoms with Crippen LogP contribution in [0.1, 0.15) is 0 Å². The van der Waals surface area contributed by atoms with Crippen molar-refractivity contribution < 1.29 is 38.5 Å². The fraction of sp³-hybridized carbons (Fsp3) is 0.292. The Morgan fingerprint density at radius 3 is 1.83 bits per heavy atom. The van der Waals surface area contributed by atoms with Crippen LogP contribution in [0.3, 0.4) is 0 Å². The predicted octanol–water partition coefficient (Wildman–Crippen LogP) is 2.37. The molecule has 2 saturated heterocycles. The number of esters is 1. The third-order valence-electron chi connectivity index (χ3n) is 5.36. The summed E-state index contributed by atoms with van der Waals surface area (Å²) in [7, 11) is 0. The number of carbonyl (C=O) groups is 1. The van der Waals surface area contributed by atoms with E-state index in [2.05, 4.69) is 13.2 Å². The van der Waals surface area contributed by atoms with Crippen molar-refractivity contribution in [2.45, 2.75) is 30.7 Å². The third-order valence-corrected chi connectivity index (χ3v) is 5.36. The van der Waals surface area contributed by atoms with Gasteiger partial charge in [0.15, 0.2) is 0 Å². The van der Waals surface area contributed by atoms with E-state index in [9.17, 15) is 20.3 Å². The lowest BCUT2D eigenvalue weighted by molar-refractivity contribution is -0.128. The molecule has 3 unspecified atom stereocenters. The van der Waals surface area contributed by atoms with Crippen molar-refractivity contribution in [3.05, 3.63) is 84.3 Å². The zero-order valence-electron chi connectivity index (χ0n) is 19.0. The minimum atomic E-state index is -1.16. The maximum absolute atomic E-state index is 12.5. The lowest BCUT2D eigenvalue weighted by Gasteiger charge is -2.33. The molecule has 5 atom stereocenters. The van der Waals surface area contributed by atoms with Gasteiger partial charge in [-0.1, -0.05) is 13.2 Å². The highest BCUT2D eigenvalue weighted by molar-refractivity contribution is 5.83. The molecule has 12 nitrogen and oxygen atoms in total. The molecule has 0 amide bonds. The first-order valence-corrected chi connectivity index (χ1v) is 10.9. The van der Waals surface area contributed by atoms with Gasteiger partial charge in [0, 0.05) is 6.08 Å². The largest absolute Gasteiger partial charge is 0.733 e. The molecule has 12 heteroatoms. The molecular formula is C24H24N2O10-2. The summed E-state index contributed by atoms with van der Waals surface area (Å²) < 4.78 is 21.5. The Morgan fingerprint density at radius 1 is 0.917 bits per heavy atom. The van der Waals surface area contributed by atoms with E-state index in [0.717, 1.165) is 6.08 Å². The minimum Gasteiger partial charge on any atom is -0.733 e. The first-order chi connectivity index (χ1) is 17.4.